The Labute approximate surface area is 134 Å². The van der Waals surface area contributed by atoms with Gasteiger partial charge in [0.1, 0.15) is 18.1 Å². The molecular weight excluding hydrogens is 320 g/mol. The first-order valence-corrected chi connectivity index (χ1v) is 6.95. The molecule has 24 heavy (non-hydrogen) atoms. The van der Waals surface area contributed by atoms with Crippen molar-refractivity contribution in [1.29, 1.82) is 0 Å². The van der Waals surface area contributed by atoms with Gasteiger partial charge in [-0.25, -0.2) is 9.48 Å². The van der Waals surface area contributed by atoms with E-state index >= 15 is 0 Å². The first kappa shape index (κ1) is 17.1. The highest BCUT2D eigenvalue weighted by Gasteiger charge is 2.21. The Bertz CT molecular complexity index is 847. The van der Waals surface area contributed by atoms with Gasteiger partial charge in [0.2, 0.25) is 5.91 Å². The number of fused-ring (bicyclic) bond motifs is 1. The van der Waals surface area contributed by atoms with Gasteiger partial charge in [-0.1, -0.05) is 17.3 Å². The minimum absolute atomic E-state index is 0.269. The summed E-state index contributed by atoms with van der Waals surface area (Å²) in [6.07, 6.45) is -0.679. The van der Waals surface area contributed by atoms with Crippen molar-refractivity contribution in [3.8, 4) is 0 Å². The fourth-order valence-electron chi connectivity index (χ4n) is 2.03. The topological polar surface area (TPSA) is 151 Å². The first-order chi connectivity index (χ1) is 11.4. The lowest BCUT2D eigenvalue weighted by Crippen LogP contribution is -2.44. The molecular formula is C14H14N4O6. The number of nitrogens with one attached hydrogen (secondary N) is 1. The molecule has 0 fully saturated rings. The smallest absolute Gasteiger partial charge is 0.326 e. The van der Waals surface area contributed by atoms with Crippen LogP contribution in [0.1, 0.15) is 12.8 Å². The number of nitrogens with zero attached hydrogens (tertiary/aromatic N) is 3. The molecule has 10 heteroatoms. The summed E-state index contributed by atoms with van der Waals surface area (Å²) in [6.45, 7) is -0.520. The maximum Gasteiger partial charge on any atom is 0.326 e. The predicted octanol–water partition coefficient (Wildman–Crippen LogP) is -0.774. The Balaban J connectivity index is 2.11. The molecule has 1 aromatic carbocycles. The third kappa shape index (κ3) is 4.12. The van der Waals surface area contributed by atoms with Gasteiger partial charge in [0.05, 0.1) is 5.39 Å². The Kier molecular flexibility index (Phi) is 5.20. The van der Waals surface area contributed by atoms with E-state index in [1.807, 2.05) is 0 Å². The van der Waals surface area contributed by atoms with Crippen molar-refractivity contribution in [3.63, 3.8) is 0 Å². The van der Waals surface area contributed by atoms with E-state index in [0.717, 1.165) is 4.68 Å². The number of hydrogen-bond donors (Lipinski definition) is 3. The van der Waals surface area contributed by atoms with Gasteiger partial charge in [0.15, 0.2) is 0 Å². The van der Waals surface area contributed by atoms with Crippen molar-refractivity contribution in [2.45, 2.75) is 25.4 Å². The van der Waals surface area contributed by atoms with Crippen molar-refractivity contribution in [2.24, 2.45) is 0 Å². The number of benzene rings is 1. The predicted molar refractivity (Wildman–Crippen MR) is 80.2 cm³/mol. The van der Waals surface area contributed by atoms with Gasteiger partial charge in [-0.3, -0.25) is 14.4 Å². The van der Waals surface area contributed by atoms with Crippen molar-refractivity contribution < 1.29 is 24.6 Å². The molecule has 0 bridgehead atoms. The summed E-state index contributed by atoms with van der Waals surface area (Å²) in [5, 5.41) is 27.5. The number of aromatic nitrogens is 3. The van der Waals surface area contributed by atoms with Crippen molar-refractivity contribution >= 4 is 28.7 Å². The highest BCUT2D eigenvalue weighted by atomic mass is 16.4. The Morgan fingerprint density at radius 1 is 1.21 bits per heavy atom. The molecule has 0 spiro atoms. The zero-order valence-corrected chi connectivity index (χ0v) is 12.4. The van der Waals surface area contributed by atoms with Gasteiger partial charge >= 0.3 is 11.9 Å². The van der Waals surface area contributed by atoms with Crippen LogP contribution in [0, 0.1) is 0 Å². The summed E-state index contributed by atoms with van der Waals surface area (Å²) in [6, 6.07) is 5.10. The molecule has 10 nitrogen and oxygen atoms in total. The zero-order chi connectivity index (χ0) is 17.7. The molecule has 2 rings (SSSR count). The molecule has 1 aromatic heterocycles. The van der Waals surface area contributed by atoms with Crippen LogP contribution in [0.15, 0.2) is 29.1 Å². The lowest BCUT2D eigenvalue weighted by Gasteiger charge is -2.13. The van der Waals surface area contributed by atoms with Crippen LogP contribution >= 0.6 is 0 Å². The molecule has 0 unspecified atom stereocenters. The molecule has 0 aliphatic heterocycles. The maximum absolute atomic E-state index is 12.2. The van der Waals surface area contributed by atoms with E-state index in [1.54, 1.807) is 18.2 Å². The summed E-state index contributed by atoms with van der Waals surface area (Å²) in [5.41, 5.74) is -0.155. The fraction of sp³-hybridized carbons (Fsp3) is 0.286. The number of hydrogen-bond acceptors (Lipinski definition) is 6. The van der Waals surface area contributed by atoms with Crippen LogP contribution in [0.5, 0.6) is 0 Å². The number of carboxylic acid groups (broad SMARTS) is 2. The fourth-order valence-corrected chi connectivity index (χ4v) is 2.03. The second kappa shape index (κ2) is 7.31. The van der Waals surface area contributed by atoms with E-state index in [9.17, 15) is 19.2 Å². The van der Waals surface area contributed by atoms with Gasteiger partial charge in [-0.05, 0) is 18.6 Å². The van der Waals surface area contributed by atoms with E-state index in [2.05, 4.69) is 15.6 Å². The minimum Gasteiger partial charge on any atom is -0.481 e. The number of carboxylic acids is 2. The third-order valence-corrected chi connectivity index (χ3v) is 3.20. The van der Waals surface area contributed by atoms with Crippen molar-refractivity contribution in [2.75, 3.05) is 0 Å². The molecule has 0 aliphatic carbocycles. The van der Waals surface area contributed by atoms with Gasteiger partial charge in [0.25, 0.3) is 5.56 Å². The van der Waals surface area contributed by atoms with E-state index in [-0.39, 0.29) is 11.8 Å². The normalized spacial score (nSPS) is 11.8. The lowest BCUT2D eigenvalue weighted by atomic mass is 10.1. The van der Waals surface area contributed by atoms with E-state index < -0.39 is 42.4 Å². The van der Waals surface area contributed by atoms with Gasteiger partial charge in [-0.2, -0.15) is 0 Å². The number of carbonyl (C=O) groups is 3. The molecule has 3 N–H and O–H groups in total. The van der Waals surface area contributed by atoms with Crippen molar-refractivity contribution in [3.05, 3.63) is 34.6 Å². The number of rotatable bonds is 7. The van der Waals surface area contributed by atoms with Crippen LogP contribution in [-0.4, -0.2) is 49.1 Å². The second-order valence-corrected chi connectivity index (χ2v) is 4.96. The molecule has 0 saturated carbocycles. The van der Waals surface area contributed by atoms with Crippen molar-refractivity contribution in [1.82, 2.24) is 20.3 Å². The third-order valence-electron chi connectivity index (χ3n) is 3.20. The molecule has 1 atom stereocenters. The van der Waals surface area contributed by atoms with Crippen LogP contribution < -0.4 is 10.9 Å². The molecule has 0 aliphatic rings. The summed E-state index contributed by atoms with van der Waals surface area (Å²) in [7, 11) is 0. The average molecular weight is 334 g/mol. The van der Waals surface area contributed by atoms with Crippen LogP contribution in [-0.2, 0) is 20.9 Å². The van der Waals surface area contributed by atoms with E-state index in [4.69, 9.17) is 10.2 Å². The summed E-state index contributed by atoms with van der Waals surface area (Å²) >= 11 is 0. The first-order valence-electron chi connectivity index (χ1n) is 6.95. The highest BCUT2D eigenvalue weighted by molar-refractivity contribution is 5.84. The maximum atomic E-state index is 12.2. The lowest BCUT2D eigenvalue weighted by molar-refractivity contribution is -0.143. The van der Waals surface area contributed by atoms with Gasteiger partial charge in [-0.15, -0.1) is 5.10 Å². The largest absolute Gasteiger partial charge is 0.481 e. The molecule has 126 valence electrons. The quantitative estimate of drug-likeness (QED) is 0.596. The van der Waals surface area contributed by atoms with Gasteiger partial charge in [0, 0.05) is 6.42 Å². The average Bonchev–Trinajstić information content (AvgIpc) is 2.54. The summed E-state index contributed by atoms with van der Waals surface area (Å²) < 4.78 is 0.813. The second-order valence-electron chi connectivity index (χ2n) is 4.96. The van der Waals surface area contributed by atoms with E-state index in [0.29, 0.717) is 5.52 Å². The van der Waals surface area contributed by atoms with Crippen LogP contribution in [0.2, 0.25) is 0 Å². The van der Waals surface area contributed by atoms with Crippen LogP contribution in [0.3, 0.4) is 0 Å². The van der Waals surface area contributed by atoms with Crippen LogP contribution in [0.4, 0.5) is 0 Å². The zero-order valence-electron chi connectivity index (χ0n) is 12.4. The SMILES string of the molecule is O=C(O)CC[C@H](NC(=O)Cn1nnc2ccccc2c1=O)C(=O)O. The number of amides is 1. The Morgan fingerprint density at radius 3 is 2.58 bits per heavy atom. The highest BCUT2D eigenvalue weighted by Crippen LogP contribution is 2.03. The number of aliphatic carboxylic acids is 2. The molecule has 1 heterocycles. The standard InChI is InChI=1S/C14H14N4O6/c19-11(15-10(14(23)24)5-6-12(20)21)7-18-13(22)8-3-1-2-4-9(8)16-17-18/h1-4,10H,5-7H2,(H,15,19)(H,20,21)(H,23,24)/t10-/m0/s1. The summed E-state index contributed by atoms with van der Waals surface area (Å²) in [4.78, 5) is 45.6. The van der Waals surface area contributed by atoms with Crippen LogP contribution in [0.25, 0.3) is 10.9 Å². The summed E-state index contributed by atoms with van der Waals surface area (Å²) in [5.74, 6) is -3.31. The minimum atomic E-state index is -1.36. The molecule has 0 saturated heterocycles. The molecule has 2 aromatic rings. The van der Waals surface area contributed by atoms with E-state index in [1.165, 1.54) is 6.07 Å². The van der Waals surface area contributed by atoms with Gasteiger partial charge < -0.3 is 15.5 Å². The number of carbonyl (C=O) groups excluding carboxylic acids is 1. The molecule has 0 radical (unpaired) electrons. The molecule has 1 amide bonds. The Hall–Kier alpha value is -3.30. The Morgan fingerprint density at radius 2 is 1.92 bits per heavy atom. The monoisotopic (exact) mass is 334 g/mol.